The number of carboxylic acid groups (broad SMARTS) is 1. The van der Waals surface area contributed by atoms with Gasteiger partial charge in [0.25, 0.3) is 0 Å². The Morgan fingerprint density at radius 3 is 2.47 bits per heavy atom. The van der Waals surface area contributed by atoms with Gasteiger partial charge in [-0.1, -0.05) is 5.16 Å². The minimum atomic E-state index is -4.79. The number of carbonyl (C=O) groups is 1. The summed E-state index contributed by atoms with van der Waals surface area (Å²) in [5.41, 5.74) is -2.03. The highest BCUT2D eigenvalue weighted by Crippen LogP contribution is 2.37. The van der Waals surface area contributed by atoms with Crippen molar-refractivity contribution in [3.63, 3.8) is 0 Å². The number of aromatic carboxylic acids is 1. The molecule has 4 nitrogen and oxygen atoms in total. The first-order chi connectivity index (χ1) is 8.79. The summed E-state index contributed by atoms with van der Waals surface area (Å²) in [6.07, 6.45) is -4.79. The average Bonchev–Trinajstić information content (AvgIpc) is 2.77. The van der Waals surface area contributed by atoms with Gasteiger partial charge in [-0.25, -0.2) is 9.18 Å². The Bertz CT molecular complexity index is 633. The zero-order valence-corrected chi connectivity index (χ0v) is 9.03. The van der Waals surface area contributed by atoms with Crippen LogP contribution in [-0.4, -0.2) is 16.2 Å². The molecule has 1 aromatic heterocycles. The van der Waals surface area contributed by atoms with Gasteiger partial charge in [0.15, 0.2) is 0 Å². The van der Waals surface area contributed by atoms with Gasteiger partial charge in [0, 0.05) is 11.6 Å². The summed E-state index contributed by atoms with van der Waals surface area (Å²) in [5, 5.41) is 11.8. The summed E-state index contributed by atoms with van der Waals surface area (Å²) >= 11 is 0. The molecular weight excluding hydrogens is 270 g/mol. The van der Waals surface area contributed by atoms with Crippen LogP contribution in [0.25, 0.3) is 11.3 Å². The molecule has 8 heteroatoms. The van der Waals surface area contributed by atoms with Crippen molar-refractivity contribution in [2.75, 3.05) is 0 Å². The molecule has 100 valence electrons. The smallest absolute Gasteiger partial charge is 0.417 e. The van der Waals surface area contributed by atoms with E-state index >= 15 is 0 Å². The maximum atomic E-state index is 12.9. The van der Waals surface area contributed by atoms with Crippen LogP contribution in [0.3, 0.4) is 0 Å². The number of hydrogen-bond donors (Lipinski definition) is 1. The number of aromatic nitrogens is 1. The monoisotopic (exact) mass is 275 g/mol. The lowest BCUT2D eigenvalue weighted by Crippen LogP contribution is -2.07. The van der Waals surface area contributed by atoms with Gasteiger partial charge in [0.1, 0.15) is 11.5 Å². The predicted molar refractivity (Wildman–Crippen MR) is 53.9 cm³/mol. The molecule has 19 heavy (non-hydrogen) atoms. The first-order valence-electron chi connectivity index (χ1n) is 4.86. The van der Waals surface area contributed by atoms with Crippen molar-refractivity contribution in [2.45, 2.75) is 6.18 Å². The van der Waals surface area contributed by atoms with E-state index in [2.05, 4.69) is 9.68 Å². The molecule has 0 aliphatic rings. The van der Waals surface area contributed by atoms with Gasteiger partial charge in [-0.2, -0.15) is 13.2 Å². The second kappa shape index (κ2) is 4.38. The number of carboxylic acids is 1. The molecule has 0 radical (unpaired) electrons. The Balaban J connectivity index is 2.58. The van der Waals surface area contributed by atoms with E-state index < -0.39 is 34.8 Å². The van der Waals surface area contributed by atoms with Crippen LogP contribution < -0.4 is 0 Å². The fourth-order valence-corrected chi connectivity index (χ4v) is 1.48. The molecule has 0 bridgehead atoms. The fraction of sp³-hybridized carbons (Fsp3) is 0.0909. The molecular formula is C11H5F4NO3. The number of benzene rings is 1. The van der Waals surface area contributed by atoms with E-state index in [1.165, 1.54) is 0 Å². The lowest BCUT2D eigenvalue weighted by Gasteiger charge is -2.10. The van der Waals surface area contributed by atoms with E-state index in [0.29, 0.717) is 6.07 Å². The maximum absolute atomic E-state index is 12.9. The second-order valence-electron chi connectivity index (χ2n) is 3.57. The van der Waals surface area contributed by atoms with Gasteiger partial charge in [-0.05, 0) is 18.2 Å². The molecule has 0 saturated heterocycles. The van der Waals surface area contributed by atoms with E-state index in [1.54, 1.807) is 0 Å². The first-order valence-corrected chi connectivity index (χ1v) is 4.86. The molecule has 0 fully saturated rings. The Labute approximate surface area is 103 Å². The van der Waals surface area contributed by atoms with Gasteiger partial charge in [-0.15, -0.1) is 0 Å². The maximum Gasteiger partial charge on any atom is 0.417 e. The fourth-order valence-electron chi connectivity index (χ4n) is 1.48. The van der Waals surface area contributed by atoms with E-state index in [0.717, 1.165) is 18.2 Å². The molecule has 1 aromatic carbocycles. The molecule has 0 amide bonds. The van der Waals surface area contributed by atoms with Crippen molar-refractivity contribution < 1.29 is 32.0 Å². The Morgan fingerprint density at radius 1 is 1.26 bits per heavy atom. The van der Waals surface area contributed by atoms with E-state index in [9.17, 15) is 22.4 Å². The number of rotatable bonds is 2. The van der Waals surface area contributed by atoms with Crippen LogP contribution in [0.4, 0.5) is 17.6 Å². The van der Waals surface area contributed by atoms with Crippen molar-refractivity contribution in [1.82, 2.24) is 5.16 Å². The predicted octanol–water partition coefficient (Wildman–Crippen LogP) is 3.20. The quantitative estimate of drug-likeness (QED) is 0.855. The van der Waals surface area contributed by atoms with E-state index in [4.69, 9.17) is 5.11 Å². The zero-order chi connectivity index (χ0) is 14.2. The Hall–Kier alpha value is -2.38. The minimum absolute atomic E-state index is 0.310. The minimum Gasteiger partial charge on any atom is -0.475 e. The lowest BCUT2D eigenvalue weighted by atomic mass is 10.0. The van der Waals surface area contributed by atoms with Gasteiger partial charge < -0.3 is 9.63 Å². The van der Waals surface area contributed by atoms with E-state index in [1.807, 2.05) is 0 Å². The standard InChI is InChI=1S/C11H5F4NO3/c12-5-1-2-6(7(3-5)11(13,14)15)8-4-9(10(17)18)19-16-8/h1-4H,(H,17,18). The third-order valence-electron chi connectivity index (χ3n) is 2.28. The largest absolute Gasteiger partial charge is 0.475 e. The van der Waals surface area contributed by atoms with Crippen molar-refractivity contribution in [2.24, 2.45) is 0 Å². The highest BCUT2D eigenvalue weighted by Gasteiger charge is 2.35. The van der Waals surface area contributed by atoms with Crippen LogP contribution in [-0.2, 0) is 6.18 Å². The topological polar surface area (TPSA) is 63.3 Å². The Kier molecular flexibility index (Phi) is 3.01. The highest BCUT2D eigenvalue weighted by atomic mass is 19.4. The number of nitrogens with zero attached hydrogens (tertiary/aromatic N) is 1. The second-order valence-corrected chi connectivity index (χ2v) is 3.57. The summed E-state index contributed by atoms with van der Waals surface area (Å²) in [6.45, 7) is 0. The van der Waals surface area contributed by atoms with Crippen LogP contribution in [0, 0.1) is 5.82 Å². The van der Waals surface area contributed by atoms with Crippen LogP contribution in [0.15, 0.2) is 28.8 Å². The average molecular weight is 275 g/mol. The number of alkyl halides is 3. The molecule has 0 saturated carbocycles. The van der Waals surface area contributed by atoms with Crippen molar-refractivity contribution in [1.29, 1.82) is 0 Å². The third kappa shape index (κ3) is 2.56. The first kappa shape index (κ1) is 13.1. The number of halogens is 4. The summed E-state index contributed by atoms with van der Waals surface area (Å²) < 4.78 is 55.5. The molecule has 2 aromatic rings. The molecule has 2 rings (SSSR count). The van der Waals surface area contributed by atoms with Crippen LogP contribution in [0.5, 0.6) is 0 Å². The lowest BCUT2D eigenvalue weighted by molar-refractivity contribution is -0.137. The van der Waals surface area contributed by atoms with Crippen LogP contribution >= 0.6 is 0 Å². The normalized spacial score (nSPS) is 11.6. The van der Waals surface area contributed by atoms with Gasteiger partial charge in [0.05, 0.1) is 5.56 Å². The third-order valence-corrected chi connectivity index (χ3v) is 2.28. The Morgan fingerprint density at radius 2 is 1.95 bits per heavy atom. The molecule has 0 aliphatic carbocycles. The molecule has 0 unspecified atom stereocenters. The highest BCUT2D eigenvalue weighted by molar-refractivity contribution is 5.85. The summed E-state index contributed by atoms with van der Waals surface area (Å²) in [6, 6.07) is 2.83. The van der Waals surface area contributed by atoms with Gasteiger partial charge in [0.2, 0.25) is 5.76 Å². The number of hydrogen-bond acceptors (Lipinski definition) is 3. The molecule has 0 spiro atoms. The van der Waals surface area contributed by atoms with Gasteiger partial charge in [-0.3, -0.25) is 0 Å². The molecule has 0 aliphatic heterocycles. The zero-order valence-electron chi connectivity index (χ0n) is 9.03. The van der Waals surface area contributed by atoms with E-state index in [-0.39, 0.29) is 5.69 Å². The van der Waals surface area contributed by atoms with Crippen LogP contribution in [0.2, 0.25) is 0 Å². The summed E-state index contributed by atoms with van der Waals surface area (Å²) in [7, 11) is 0. The van der Waals surface area contributed by atoms with Crippen molar-refractivity contribution >= 4 is 5.97 Å². The van der Waals surface area contributed by atoms with Crippen molar-refractivity contribution in [3.05, 3.63) is 41.4 Å². The van der Waals surface area contributed by atoms with Crippen LogP contribution in [0.1, 0.15) is 16.1 Å². The van der Waals surface area contributed by atoms with Crippen molar-refractivity contribution in [3.8, 4) is 11.3 Å². The molecule has 1 heterocycles. The SMILES string of the molecule is O=C(O)c1cc(-c2ccc(F)cc2C(F)(F)F)no1. The van der Waals surface area contributed by atoms with Gasteiger partial charge >= 0.3 is 12.1 Å². The molecule has 1 N–H and O–H groups in total. The summed E-state index contributed by atoms with van der Waals surface area (Å²) in [5.74, 6) is -3.13. The summed E-state index contributed by atoms with van der Waals surface area (Å²) in [4.78, 5) is 10.6. The molecule has 0 atom stereocenters.